The number of allylic oxidation sites excluding steroid dienone is 1. The number of fused-ring (bicyclic) bond motifs is 7. The molecular formula is C50H78O22. The van der Waals surface area contributed by atoms with Gasteiger partial charge in [-0.05, 0) is 92.8 Å². The minimum Gasteiger partial charge on any atom is -0.481 e. The third-order valence-corrected chi connectivity index (χ3v) is 18.8. The molecule has 27 atom stereocenters. The Morgan fingerprint density at radius 2 is 1.43 bits per heavy atom. The zero-order chi connectivity index (χ0) is 51.8. The van der Waals surface area contributed by atoms with E-state index >= 15 is 0 Å². The van der Waals surface area contributed by atoms with Gasteiger partial charge >= 0.3 is 11.9 Å². The van der Waals surface area contributed by atoms with Crippen molar-refractivity contribution >= 4 is 11.9 Å². The molecule has 22 nitrogen and oxygen atoms in total. The first-order valence-electron chi connectivity index (χ1n) is 26.1. The van der Waals surface area contributed by atoms with Crippen LogP contribution in [0.2, 0.25) is 0 Å². The van der Waals surface area contributed by atoms with E-state index in [2.05, 4.69) is 26.8 Å². The van der Waals surface area contributed by atoms with Crippen LogP contribution in [0.3, 0.4) is 0 Å². The van der Waals surface area contributed by atoms with E-state index in [4.69, 9.17) is 47.7 Å². The van der Waals surface area contributed by atoms with Crippen LogP contribution < -0.4 is 0 Å². The van der Waals surface area contributed by atoms with Crippen LogP contribution in [0.4, 0.5) is 0 Å². The summed E-state index contributed by atoms with van der Waals surface area (Å²) in [5, 5.41) is 115. The molecule has 0 amide bonds. The second kappa shape index (κ2) is 21.4. The van der Waals surface area contributed by atoms with E-state index in [1.54, 1.807) is 0 Å². The molecule has 3 saturated carbocycles. The van der Waals surface area contributed by atoms with Gasteiger partial charge in [-0.25, -0.2) is 0 Å². The number of ether oxygens (including phenoxy) is 9. The Kier molecular flexibility index (Phi) is 16.3. The van der Waals surface area contributed by atoms with E-state index in [-0.39, 0.29) is 41.8 Å². The maximum absolute atomic E-state index is 12.3. The van der Waals surface area contributed by atoms with Crippen molar-refractivity contribution in [3.63, 3.8) is 0 Å². The smallest absolute Gasteiger partial charge is 0.308 e. The van der Waals surface area contributed by atoms with Gasteiger partial charge in [0.1, 0.15) is 67.1 Å². The molecule has 0 aromatic rings. The number of aliphatic hydroxyl groups excluding tert-OH is 10. The fourth-order valence-corrected chi connectivity index (χ4v) is 14.8. The lowest BCUT2D eigenvalue weighted by Gasteiger charge is -2.59. The number of hydrogen-bond acceptors (Lipinski definition) is 21. The molecule has 9 rings (SSSR count). The van der Waals surface area contributed by atoms with Crippen molar-refractivity contribution in [1.29, 1.82) is 0 Å². The van der Waals surface area contributed by atoms with Crippen molar-refractivity contribution in [1.82, 2.24) is 0 Å². The molecule has 0 radical (unpaired) electrons. The summed E-state index contributed by atoms with van der Waals surface area (Å²) in [5.74, 6) is -0.851. The number of carbonyl (C=O) groups excluding carboxylic acids is 1. The Bertz CT molecular complexity index is 1930. The van der Waals surface area contributed by atoms with E-state index in [1.165, 1.54) is 12.5 Å². The van der Waals surface area contributed by atoms with E-state index < -0.39 is 142 Å². The summed E-state index contributed by atoms with van der Waals surface area (Å²) in [5.41, 5.74) is 1.18. The highest BCUT2D eigenvalue weighted by Crippen LogP contribution is 2.71. The van der Waals surface area contributed by atoms with Gasteiger partial charge in [0.25, 0.3) is 0 Å². The predicted molar refractivity (Wildman–Crippen MR) is 242 cm³/mol. The van der Waals surface area contributed by atoms with Gasteiger partial charge in [-0.15, -0.1) is 0 Å². The summed E-state index contributed by atoms with van der Waals surface area (Å²) in [6.07, 6.45) is -16.4. The van der Waals surface area contributed by atoms with Gasteiger partial charge in [0.15, 0.2) is 24.7 Å². The Balaban J connectivity index is 0.853. The number of esters is 1. The standard InChI is InChI=1S/C50H78O22/c1-21-35-30(72-50(21)12-7-23(20-65-50)19-64-34(56)15-25(53)14-33(54)55)16-29-27-6-5-24-13-26(8-10-48(24,3)28(27)9-11-49(29,35)4)67-47-44(71-45-40(61)38(59)36(57)22(2)66-45)42(63)43(32(18-52)69-47)70-46-41(62)39(60)37(58)31(17-51)68-46/h5,21-23,25-32,35-47,51-53,57-63H,6-20H2,1-4H3,(H,54,55)/t21-,22-,23-,25-,26-,27+,28-,29-,30-,31+,32+,35-,36-,37+,38+,39-,40+,41+,42-,43+,44+,45-,46-,47+,48-,49-,50+/m0/s1. The minimum atomic E-state index is -1.85. The molecule has 5 saturated heterocycles. The fourth-order valence-electron chi connectivity index (χ4n) is 14.8. The molecule has 11 N–H and O–H groups in total. The predicted octanol–water partition coefficient (Wildman–Crippen LogP) is -1.04. The third kappa shape index (κ3) is 9.95. The highest BCUT2D eigenvalue weighted by atomic mass is 16.8. The summed E-state index contributed by atoms with van der Waals surface area (Å²) in [7, 11) is 0. The number of rotatable bonds is 14. The van der Waals surface area contributed by atoms with E-state index in [9.17, 15) is 60.7 Å². The van der Waals surface area contributed by atoms with Crippen LogP contribution in [0, 0.1) is 46.3 Å². The number of aliphatic hydroxyl groups is 10. The molecule has 9 aliphatic rings. The summed E-state index contributed by atoms with van der Waals surface area (Å²) >= 11 is 0. The number of carbonyl (C=O) groups is 2. The largest absolute Gasteiger partial charge is 0.481 e. The number of carboxylic acid groups (broad SMARTS) is 1. The SMILES string of the molecule is C[C@@H]1O[C@@H](O[C@H]2[C@H](O[C@H]3CC[C@@]4(C)C(=CC[C@H]5[C@@H]6C[C@@H]7O[C@]8(CC[C@@H](COC(=O)C[C@@H](O)CC(=O)O)CO8)[C@@H](C)[C@@H]7[C@@]6(C)CC[C@@H]54)C3)O[C@H](CO)[C@@H](O[C@@H]3O[C@H](CO)[C@@H](O)[C@H](O)[C@H]3O)[C@@H]2O)[C@H](O)[C@H](O)[C@H]1O. The quantitative estimate of drug-likeness (QED) is 0.0731. The van der Waals surface area contributed by atoms with Gasteiger partial charge in [0.2, 0.25) is 0 Å². The second-order valence-corrected chi connectivity index (χ2v) is 23.0. The lowest BCUT2D eigenvalue weighted by atomic mass is 9.47. The highest BCUT2D eigenvalue weighted by Gasteiger charge is 2.69. The number of hydrogen-bond donors (Lipinski definition) is 11. The van der Waals surface area contributed by atoms with Gasteiger partial charge < -0.3 is 98.8 Å². The van der Waals surface area contributed by atoms with Crippen molar-refractivity contribution in [2.24, 2.45) is 46.3 Å². The van der Waals surface area contributed by atoms with Crippen LogP contribution in [0.25, 0.3) is 0 Å². The van der Waals surface area contributed by atoms with Gasteiger partial charge in [-0.1, -0.05) is 32.4 Å². The maximum Gasteiger partial charge on any atom is 0.308 e. The summed E-state index contributed by atoms with van der Waals surface area (Å²) in [4.78, 5) is 23.1. The zero-order valence-electron chi connectivity index (χ0n) is 41.5. The molecule has 72 heavy (non-hydrogen) atoms. The lowest BCUT2D eigenvalue weighted by Crippen LogP contribution is -2.67. The van der Waals surface area contributed by atoms with Crippen molar-refractivity contribution < 1.29 is 108 Å². The van der Waals surface area contributed by atoms with Crippen molar-refractivity contribution in [2.75, 3.05) is 26.4 Å². The van der Waals surface area contributed by atoms with Gasteiger partial charge in [-0.3, -0.25) is 9.59 Å². The minimum absolute atomic E-state index is 0.0344. The van der Waals surface area contributed by atoms with Crippen LogP contribution in [-0.2, 0) is 52.2 Å². The lowest BCUT2D eigenvalue weighted by molar-refractivity contribution is -0.389. The Morgan fingerprint density at radius 3 is 2.11 bits per heavy atom. The van der Waals surface area contributed by atoms with Crippen molar-refractivity contribution in [3.8, 4) is 0 Å². The molecule has 410 valence electrons. The molecule has 8 fully saturated rings. The first kappa shape index (κ1) is 54.7. The Hall–Kier alpha value is -2.04. The summed E-state index contributed by atoms with van der Waals surface area (Å²) in [6, 6.07) is 0. The average molecular weight is 1030 g/mol. The molecule has 0 aromatic heterocycles. The highest BCUT2D eigenvalue weighted by molar-refractivity contribution is 5.72. The summed E-state index contributed by atoms with van der Waals surface area (Å²) < 4.78 is 55.4. The van der Waals surface area contributed by atoms with Crippen molar-refractivity contribution in [2.45, 2.75) is 215 Å². The van der Waals surface area contributed by atoms with E-state index in [1.807, 2.05) is 0 Å². The topological polar surface area (TPSA) is 340 Å². The number of carboxylic acids is 1. The van der Waals surface area contributed by atoms with E-state index in [0.717, 1.165) is 38.5 Å². The normalized spacial score (nSPS) is 51.6. The van der Waals surface area contributed by atoms with Gasteiger partial charge in [-0.2, -0.15) is 0 Å². The molecule has 1 spiro atoms. The molecule has 0 bridgehead atoms. The monoisotopic (exact) mass is 1030 g/mol. The number of aliphatic carboxylic acids is 1. The van der Waals surface area contributed by atoms with Crippen LogP contribution in [-0.4, -0.2) is 211 Å². The first-order valence-corrected chi connectivity index (χ1v) is 26.1. The molecular weight excluding hydrogens is 953 g/mol. The molecule has 5 aliphatic heterocycles. The Morgan fingerprint density at radius 1 is 0.750 bits per heavy atom. The zero-order valence-corrected chi connectivity index (χ0v) is 41.5. The van der Waals surface area contributed by atoms with Gasteiger partial charge in [0.05, 0.1) is 63.7 Å². The molecule has 22 heteroatoms. The Labute approximate surface area is 418 Å². The third-order valence-electron chi connectivity index (χ3n) is 18.8. The molecule has 4 aliphatic carbocycles. The van der Waals surface area contributed by atoms with Crippen LogP contribution in [0.1, 0.15) is 98.3 Å². The maximum atomic E-state index is 12.3. The van der Waals surface area contributed by atoms with Crippen LogP contribution in [0.15, 0.2) is 11.6 Å². The molecule has 0 aromatic carbocycles. The van der Waals surface area contributed by atoms with Crippen molar-refractivity contribution in [3.05, 3.63) is 11.6 Å². The summed E-state index contributed by atoms with van der Waals surface area (Å²) in [6.45, 7) is 7.57. The van der Waals surface area contributed by atoms with Gasteiger partial charge in [0, 0.05) is 18.3 Å². The average Bonchev–Trinajstić information content (AvgIpc) is 3.79. The fraction of sp³-hybridized carbons (Fsp3) is 0.920. The van der Waals surface area contributed by atoms with E-state index in [0.29, 0.717) is 49.5 Å². The second-order valence-electron chi connectivity index (χ2n) is 23.0. The first-order chi connectivity index (χ1) is 34.1. The molecule has 5 heterocycles. The van der Waals surface area contributed by atoms with Crippen LogP contribution in [0.5, 0.6) is 0 Å². The van der Waals surface area contributed by atoms with Crippen LogP contribution >= 0.6 is 0 Å². The molecule has 0 unspecified atom stereocenters.